The zero-order valence-electron chi connectivity index (χ0n) is 12.3. The molecule has 1 aromatic heterocycles. The normalized spacial score (nSPS) is 11.3. The van der Waals surface area contributed by atoms with Crippen LogP contribution in [0.5, 0.6) is 0 Å². The fourth-order valence-corrected chi connectivity index (χ4v) is 2.61. The molecule has 0 aliphatic heterocycles. The zero-order chi connectivity index (χ0) is 14.3. The van der Waals surface area contributed by atoms with Crippen LogP contribution in [0.15, 0.2) is 12.1 Å². The van der Waals surface area contributed by atoms with Gasteiger partial charge in [0.1, 0.15) is 11.5 Å². The molecule has 0 aliphatic rings. The highest BCUT2D eigenvalue weighted by molar-refractivity contribution is 5.76. The van der Waals surface area contributed by atoms with Crippen LogP contribution in [-0.4, -0.2) is 9.66 Å². The summed E-state index contributed by atoms with van der Waals surface area (Å²) in [4.78, 5) is 4.64. The van der Waals surface area contributed by atoms with E-state index in [0.717, 1.165) is 17.1 Å². The molecule has 0 saturated carbocycles. The van der Waals surface area contributed by atoms with Crippen molar-refractivity contribution in [2.75, 3.05) is 11.6 Å². The summed E-state index contributed by atoms with van der Waals surface area (Å²) in [5.41, 5.74) is 11.6. The Hall–Kier alpha value is -1.97. The Balaban J connectivity index is 2.70. The molecule has 0 amide bonds. The van der Waals surface area contributed by atoms with Crippen molar-refractivity contribution < 1.29 is 0 Å². The Kier molecular flexibility index (Phi) is 3.27. The van der Waals surface area contributed by atoms with E-state index in [1.807, 2.05) is 0 Å². The van der Waals surface area contributed by atoms with Gasteiger partial charge in [0.2, 0.25) is 0 Å². The van der Waals surface area contributed by atoms with Crippen LogP contribution in [0.25, 0.3) is 11.3 Å². The number of nitrogens with two attached hydrogens (primary N) is 2. The van der Waals surface area contributed by atoms with E-state index in [2.05, 4.69) is 51.7 Å². The van der Waals surface area contributed by atoms with Crippen molar-refractivity contribution in [2.45, 2.75) is 40.5 Å². The van der Waals surface area contributed by atoms with Crippen molar-refractivity contribution in [1.82, 2.24) is 9.66 Å². The molecule has 2 aromatic rings. The Labute approximate surface area is 114 Å². The molecule has 0 atom stereocenters. The van der Waals surface area contributed by atoms with Crippen LogP contribution < -0.4 is 11.6 Å². The Morgan fingerprint density at radius 2 is 1.63 bits per heavy atom. The highest BCUT2D eigenvalue weighted by atomic mass is 15.4. The number of aryl methyl sites for hydroxylation is 3. The summed E-state index contributed by atoms with van der Waals surface area (Å²) in [7, 11) is 0. The minimum Gasteiger partial charge on any atom is -0.382 e. The van der Waals surface area contributed by atoms with Gasteiger partial charge in [0.25, 0.3) is 0 Å². The van der Waals surface area contributed by atoms with E-state index in [9.17, 15) is 0 Å². The summed E-state index contributed by atoms with van der Waals surface area (Å²) in [6.45, 7) is 10.4. The largest absolute Gasteiger partial charge is 0.382 e. The standard InChI is InChI=1S/C15H22N4/c1-8(2)15-18-13(14(16)19(15)17)12-10(4)6-9(3)7-11(12)5/h6-8H,16-17H2,1-5H3. The smallest absolute Gasteiger partial charge is 0.150 e. The molecule has 0 radical (unpaired) electrons. The van der Waals surface area contributed by atoms with E-state index in [-0.39, 0.29) is 5.92 Å². The quantitative estimate of drug-likeness (QED) is 0.814. The van der Waals surface area contributed by atoms with E-state index in [4.69, 9.17) is 11.6 Å². The fraction of sp³-hybridized carbons (Fsp3) is 0.400. The van der Waals surface area contributed by atoms with Gasteiger partial charge in [-0.3, -0.25) is 0 Å². The van der Waals surface area contributed by atoms with Crippen LogP contribution in [0.2, 0.25) is 0 Å². The summed E-state index contributed by atoms with van der Waals surface area (Å²) in [5.74, 6) is 7.58. The minimum absolute atomic E-state index is 0.243. The molecule has 102 valence electrons. The molecule has 2 rings (SSSR count). The van der Waals surface area contributed by atoms with E-state index in [0.29, 0.717) is 5.82 Å². The SMILES string of the molecule is Cc1cc(C)c(-c2nc(C(C)C)n(N)c2N)c(C)c1. The highest BCUT2D eigenvalue weighted by Gasteiger charge is 2.19. The number of imidazole rings is 1. The molecule has 4 heteroatoms. The second-order valence-electron chi connectivity index (χ2n) is 5.50. The Bertz CT molecular complexity index is 600. The van der Waals surface area contributed by atoms with Gasteiger partial charge in [-0.25, -0.2) is 9.66 Å². The zero-order valence-corrected chi connectivity index (χ0v) is 12.3. The average molecular weight is 258 g/mol. The van der Waals surface area contributed by atoms with Crippen LogP contribution in [0.3, 0.4) is 0 Å². The van der Waals surface area contributed by atoms with E-state index < -0.39 is 0 Å². The molecule has 1 heterocycles. The first kappa shape index (κ1) is 13.5. The topological polar surface area (TPSA) is 69.9 Å². The van der Waals surface area contributed by atoms with E-state index >= 15 is 0 Å². The van der Waals surface area contributed by atoms with Crippen molar-refractivity contribution in [3.8, 4) is 11.3 Å². The predicted molar refractivity (Wildman–Crippen MR) is 80.5 cm³/mol. The van der Waals surface area contributed by atoms with Crippen molar-refractivity contribution in [3.63, 3.8) is 0 Å². The average Bonchev–Trinajstić information content (AvgIpc) is 2.56. The summed E-state index contributed by atoms with van der Waals surface area (Å²) in [6, 6.07) is 4.29. The second kappa shape index (κ2) is 4.61. The lowest BCUT2D eigenvalue weighted by Gasteiger charge is -2.10. The van der Waals surface area contributed by atoms with E-state index in [1.54, 1.807) is 0 Å². The number of aromatic nitrogens is 2. The summed E-state index contributed by atoms with van der Waals surface area (Å²) in [5, 5.41) is 0. The monoisotopic (exact) mass is 258 g/mol. The molecule has 0 aliphatic carbocycles. The molecule has 19 heavy (non-hydrogen) atoms. The lowest BCUT2D eigenvalue weighted by Crippen LogP contribution is -2.16. The molecule has 0 bridgehead atoms. The van der Waals surface area contributed by atoms with E-state index in [1.165, 1.54) is 21.4 Å². The minimum atomic E-state index is 0.243. The van der Waals surface area contributed by atoms with Crippen molar-refractivity contribution in [2.24, 2.45) is 0 Å². The van der Waals surface area contributed by atoms with Crippen molar-refractivity contribution in [1.29, 1.82) is 0 Å². The number of anilines is 1. The number of rotatable bonds is 2. The number of nitrogen functional groups attached to an aromatic ring is 2. The second-order valence-corrected chi connectivity index (χ2v) is 5.50. The number of hydrogen-bond donors (Lipinski definition) is 2. The van der Waals surface area contributed by atoms with Crippen LogP contribution in [0, 0.1) is 20.8 Å². The number of nitrogens with zero attached hydrogens (tertiary/aromatic N) is 2. The van der Waals surface area contributed by atoms with Crippen LogP contribution in [0.1, 0.15) is 42.3 Å². The van der Waals surface area contributed by atoms with Crippen LogP contribution in [-0.2, 0) is 0 Å². The van der Waals surface area contributed by atoms with Gasteiger partial charge in [0, 0.05) is 11.5 Å². The number of hydrogen-bond acceptors (Lipinski definition) is 3. The molecule has 4 N–H and O–H groups in total. The van der Waals surface area contributed by atoms with Gasteiger partial charge in [0.15, 0.2) is 5.82 Å². The lowest BCUT2D eigenvalue weighted by molar-refractivity contribution is 0.739. The lowest BCUT2D eigenvalue weighted by atomic mass is 9.97. The Morgan fingerprint density at radius 3 is 2.05 bits per heavy atom. The molecule has 0 spiro atoms. The predicted octanol–water partition coefficient (Wildman–Crippen LogP) is 2.89. The fourth-order valence-electron chi connectivity index (χ4n) is 2.61. The van der Waals surface area contributed by atoms with Crippen LogP contribution in [0.4, 0.5) is 5.82 Å². The maximum Gasteiger partial charge on any atom is 0.150 e. The first-order chi connectivity index (χ1) is 8.82. The molecule has 4 nitrogen and oxygen atoms in total. The molecular weight excluding hydrogens is 236 g/mol. The molecule has 1 aromatic carbocycles. The third kappa shape index (κ3) is 2.18. The highest BCUT2D eigenvalue weighted by Crippen LogP contribution is 2.33. The van der Waals surface area contributed by atoms with Gasteiger partial charge >= 0.3 is 0 Å². The van der Waals surface area contributed by atoms with Crippen LogP contribution >= 0.6 is 0 Å². The van der Waals surface area contributed by atoms with Gasteiger partial charge in [-0.1, -0.05) is 31.5 Å². The third-order valence-corrected chi connectivity index (χ3v) is 3.41. The van der Waals surface area contributed by atoms with Gasteiger partial charge in [-0.05, 0) is 31.9 Å². The van der Waals surface area contributed by atoms with Crippen molar-refractivity contribution in [3.05, 3.63) is 34.6 Å². The van der Waals surface area contributed by atoms with Gasteiger partial charge in [-0.15, -0.1) is 0 Å². The van der Waals surface area contributed by atoms with Gasteiger partial charge in [-0.2, -0.15) is 0 Å². The number of benzene rings is 1. The summed E-state index contributed by atoms with van der Waals surface area (Å²) >= 11 is 0. The van der Waals surface area contributed by atoms with Crippen molar-refractivity contribution >= 4 is 5.82 Å². The Morgan fingerprint density at radius 1 is 1.11 bits per heavy atom. The first-order valence-electron chi connectivity index (χ1n) is 6.54. The maximum absolute atomic E-state index is 6.12. The van der Waals surface area contributed by atoms with Gasteiger partial charge < -0.3 is 11.6 Å². The van der Waals surface area contributed by atoms with Gasteiger partial charge in [0.05, 0.1) is 0 Å². The molecule has 0 unspecified atom stereocenters. The molecule has 0 fully saturated rings. The third-order valence-electron chi connectivity index (χ3n) is 3.41. The summed E-state index contributed by atoms with van der Waals surface area (Å²) in [6.07, 6.45) is 0. The maximum atomic E-state index is 6.12. The first-order valence-corrected chi connectivity index (χ1v) is 6.54. The summed E-state index contributed by atoms with van der Waals surface area (Å²) < 4.78 is 1.50. The molecule has 0 saturated heterocycles. The molecular formula is C15H22N4.